The van der Waals surface area contributed by atoms with Crippen LogP contribution < -0.4 is 4.74 Å². The Morgan fingerprint density at radius 1 is 0.833 bits per heavy atom. The fourth-order valence-electron chi connectivity index (χ4n) is 3.33. The Hall–Kier alpha value is -2.29. The molecule has 0 radical (unpaired) electrons. The van der Waals surface area contributed by atoms with Gasteiger partial charge in [-0.1, -0.05) is 89.3 Å². The van der Waals surface area contributed by atoms with Gasteiger partial charge in [0.25, 0.3) is 0 Å². The Balaban J connectivity index is 1.84. The van der Waals surface area contributed by atoms with Crippen molar-refractivity contribution in [2.45, 2.75) is 78.7 Å². The van der Waals surface area contributed by atoms with Crippen molar-refractivity contribution in [3.05, 3.63) is 54.1 Å². The van der Waals surface area contributed by atoms with Gasteiger partial charge in [0.2, 0.25) is 0 Å². The lowest BCUT2D eigenvalue weighted by molar-refractivity contribution is -0.149. The molecule has 2 aromatic carbocycles. The topological polar surface area (TPSA) is 35.5 Å². The van der Waals surface area contributed by atoms with E-state index < -0.39 is 0 Å². The first-order chi connectivity index (χ1) is 14.5. The molecule has 0 spiro atoms. The molecule has 2 rings (SSSR count). The minimum absolute atomic E-state index is 0.123. The second kappa shape index (κ2) is 13.1. The van der Waals surface area contributed by atoms with Gasteiger partial charge in [0.05, 0.1) is 6.61 Å². The summed E-state index contributed by atoms with van der Waals surface area (Å²) in [6.07, 6.45) is 7.46. The Labute approximate surface area is 182 Å². The summed E-state index contributed by atoms with van der Waals surface area (Å²) in [4.78, 5) is 12.0. The molecule has 0 aromatic heterocycles. The number of rotatable bonds is 13. The number of ether oxygens (including phenoxy) is 2. The summed E-state index contributed by atoms with van der Waals surface area (Å²) in [6.45, 7) is 9.11. The Morgan fingerprint density at radius 2 is 1.43 bits per heavy atom. The maximum Gasteiger partial charge on any atom is 0.306 e. The smallest absolute Gasteiger partial charge is 0.306 e. The first-order valence-corrected chi connectivity index (χ1v) is 11.6. The number of carbonyl (C=O) groups excluding carboxylic acids is 1. The zero-order valence-corrected chi connectivity index (χ0v) is 19.2. The molecule has 2 atom stereocenters. The SMILES string of the molecule is CCCCCCCOc1ccc(-c2ccc(C(C)OC(=O)CC(C)CC)cc2)cc1. The third-order valence-electron chi connectivity index (χ3n) is 5.60. The molecule has 0 bridgehead atoms. The maximum absolute atomic E-state index is 12.0. The molecule has 0 fully saturated rings. The second-order valence-electron chi connectivity index (χ2n) is 8.26. The van der Waals surface area contributed by atoms with Crippen LogP contribution in [0.25, 0.3) is 11.1 Å². The minimum Gasteiger partial charge on any atom is -0.494 e. The number of hydrogen-bond acceptors (Lipinski definition) is 3. The summed E-state index contributed by atoms with van der Waals surface area (Å²) in [5.41, 5.74) is 3.31. The number of unbranched alkanes of at least 4 members (excludes halogenated alkanes) is 4. The first kappa shape index (κ1) is 24.0. The second-order valence-corrected chi connectivity index (χ2v) is 8.26. The molecule has 30 heavy (non-hydrogen) atoms. The number of carbonyl (C=O) groups is 1. The number of hydrogen-bond donors (Lipinski definition) is 0. The molecule has 0 saturated heterocycles. The van der Waals surface area contributed by atoms with E-state index in [1.165, 1.54) is 25.7 Å². The van der Waals surface area contributed by atoms with Crippen LogP contribution in [0.5, 0.6) is 5.75 Å². The minimum atomic E-state index is -0.233. The van der Waals surface area contributed by atoms with Gasteiger partial charge in [0.15, 0.2) is 0 Å². The van der Waals surface area contributed by atoms with Gasteiger partial charge in [-0.3, -0.25) is 4.79 Å². The third-order valence-corrected chi connectivity index (χ3v) is 5.60. The molecule has 2 unspecified atom stereocenters. The highest BCUT2D eigenvalue weighted by Crippen LogP contribution is 2.26. The molecule has 3 heteroatoms. The monoisotopic (exact) mass is 410 g/mol. The Kier molecular flexibility index (Phi) is 10.5. The van der Waals surface area contributed by atoms with Crippen molar-refractivity contribution >= 4 is 5.97 Å². The van der Waals surface area contributed by atoms with E-state index in [0.717, 1.165) is 41.9 Å². The molecule has 0 saturated carbocycles. The largest absolute Gasteiger partial charge is 0.494 e. The predicted octanol–water partition coefficient (Wildman–Crippen LogP) is 7.74. The number of esters is 1. The predicted molar refractivity (Wildman–Crippen MR) is 125 cm³/mol. The van der Waals surface area contributed by atoms with Crippen molar-refractivity contribution < 1.29 is 14.3 Å². The van der Waals surface area contributed by atoms with Crippen LogP contribution in [0.15, 0.2) is 48.5 Å². The van der Waals surface area contributed by atoms with Crippen molar-refractivity contribution in [3.8, 4) is 16.9 Å². The highest BCUT2D eigenvalue weighted by atomic mass is 16.5. The molecule has 0 aliphatic carbocycles. The lowest BCUT2D eigenvalue weighted by atomic mass is 10.0. The van der Waals surface area contributed by atoms with Crippen molar-refractivity contribution in [2.75, 3.05) is 6.61 Å². The van der Waals surface area contributed by atoms with Crippen LogP contribution in [-0.2, 0) is 9.53 Å². The van der Waals surface area contributed by atoms with Crippen molar-refractivity contribution in [1.29, 1.82) is 0 Å². The van der Waals surface area contributed by atoms with Gasteiger partial charge in [0, 0.05) is 6.42 Å². The van der Waals surface area contributed by atoms with Gasteiger partial charge in [0.1, 0.15) is 11.9 Å². The number of benzene rings is 2. The van der Waals surface area contributed by atoms with Gasteiger partial charge in [-0.15, -0.1) is 0 Å². The Bertz CT molecular complexity index is 734. The lowest BCUT2D eigenvalue weighted by Crippen LogP contribution is -2.12. The standard InChI is InChI=1S/C27H38O3/c1-5-7-8-9-10-19-29-26-17-15-25(16-18-26)24-13-11-23(12-14-24)22(4)30-27(28)20-21(3)6-2/h11-18,21-22H,5-10,19-20H2,1-4H3. The lowest BCUT2D eigenvalue weighted by Gasteiger charge is -2.16. The van der Waals surface area contributed by atoms with E-state index in [1.807, 2.05) is 31.2 Å². The summed E-state index contributed by atoms with van der Waals surface area (Å²) >= 11 is 0. The highest BCUT2D eigenvalue weighted by molar-refractivity contribution is 5.70. The molecular weight excluding hydrogens is 372 g/mol. The fraction of sp³-hybridized carbons (Fsp3) is 0.519. The zero-order chi connectivity index (χ0) is 21.8. The summed E-state index contributed by atoms with van der Waals surface area (Å²) < 4.78 is 11.4. The van der Waals surface area contributed by atoms with Crippen LogP contribution >= 0.6 is 0 Å². The van der Waals surface area contributed by atoms with Crippen molar-refractivity contribution in [3.63, 3.8) is 0 Å². The van der Waals surface area contributed by atoms with E-state index in [0.29, 0.717) is 12.3 Å². The van der Waals surface area contributed by atoms with E-state index in [1.54, 1.807) is 0 Å². The van der Waals surface area contributed by atoms with Gasteiger partial charge in [-0.2, -0.15) is 0 Å². The van der Waals surface area contributed by atoms with Crippen LogP contribution in [-0.4, -0.2) is 12.6 Å². The molecule has 2 aromatic rings. The zero-order valence-electron chi connectivity index (χ0n) is 19.2. The summed E-state index contributed by atoms with van der Waals surface area (Å²) in [5, 5.41) is 0. The van der Waals surface area contributed by atoms with Gasteiger partial charge < -0.3 is 9.47 Å². The van der Waals surface area contributed by atoms with E-state index >= 15 is 0 Å². The van der Waals surface area contributed by atoms with E-state index in [4.69, 9.17) is 9.47 Å². The van der Waals surface area contributed by atoms with Gasteiger partial charge in [-0.05, 0) is 48.1 Å². The van der Waals surface area contributed by atoms with E-state index in [2.05, 4.69) is 45.0 Å². The van der Waals surface area contributed by atoms with Crippen LogP contribution in [0, 0.1) is 5.92 Å². The summed E-state index contributed by atoms with van der Waals surface area (Å²) in [6, 6.07) is 16.5. The summed E-state index contributed by atoms with van der Waals surface area (Å²) in [7, 11) is 0. The normalized spacial score (nSPS) is 12.9. The van der Waals surface area contributed by atoms with E-state index in [9.17, 15) is 4.79 Å². The van der Waals surface area contributed by atoms with Gasteiger partial charge in [-0.25, -0.2) is 0 Å². The summed E-state index contributed by atoms with van der Waals surface area (Å²) in [5.74, 6) is 1.16. The fourth-order valence-corrected chi connectivity index (χ4v) is 3.33. The third kappa shape index (κ3) is 8.22. The van der Waals surface area contributed by atoms with Crippen molar-refractivity contribution in [1.82, 2.24) is 0 Å². The average Bonchev–Trinajstić information content (AvgIpc) is 2.76. The molecule has 3 nitrogen and oxygen atoms in total. The quantitative estimate of drug-likeness (QED) is 0.250. The molecule has 0 aliphatic rings. The highest BCUT2D eigenvalue weighted by Gasteiger charge is 2.14. The van der Waals surface area contributed by atoms with Crippen LogP contribution in [0.1, 0.15) is 84.3 Å². The molecule has 0 aliphatic heterocycles. The maximum atomic E-state index is 12.0. The molecular formula is C27H38O3. The Morgan fingerprint density at radius 3 is 2.03 bits per heavy atom. The van der Waals surface area contributed by atoms with Gasteiger partial charge >= 0.3 is 5.97 Å². The van der Waals surface area contributed by atoms with Crippen LogP contribution in [0.4, 0.5) is 0 Å². The van der Waals surface area contributed by atoms with Crippen LogP contribution in [0.3, 0.4) is 0 Å². The molecule has 0 heterocycles. The molecule has 0 N–H and O–H groups in total. The molecule has 164 valence electrons. The molecule has 0 amide bonds. The first-order valence-electron chi connectivity index (χ1n) is 11.6. The van der Waals surface area contributed by atoms with Crippen LogP contribution in [0.2, 0.25) is 0 Å². The van der Waals surface area contributed by atoms with Crippen molar-refractivity contribution in [2.24, 2.45) is 5.92 Å². The van der Waals surface area contributed by atoms with E-state index in [-0.39, 0.29) is 12.1 Å². The average molecular weight is 411 g/mol.